The number of para-hydroxylation sites is 1. The van der Waals surface area contributed by atoms with Crippen LogP contribution in [0.25, 0.3) is 0 Å². The normalized spacial score (nSPS) is 11.6. The van der Waals surface area contributed by atoms with Gasteiger partial charge in [0.1, 0.15) is 16.7 Å². The van der Waals surface area contributed by atoms with Gasteiger partial charge in [0.15, 0.2) is 0 Å². The highest BCUT2D eigenvalue weighted by atomic mass is 35.5. The lowest BCUT2D eigenvalue weighted by Crippen LogP contribution is -2.20. The second kappa shape index (κ2) is 5.32. The first kappa shape index (κ1) is 12.3. The first-order valence-corrected chi connectivity index (χ1v) is 4.80. The molecule has 0 saturated carbocycles. The molecule has 0 bridgehead atoms. The second-order valence-electron chi connectivity index (χ2n) is 2.86. The quantitative estimate of drug-likeness (QED) is 0.379. The van der Waals surface area contributed by atoms with Gasteiger partial charge in [0.05, 0.1) is 0 Å². The molecule has 0 aliphatic carbocycles. The second-order valence-corrected chi connectivity index (χ2v) is 3.33. The highest BCUT2D eigenvalue weighted by Crippen LogP contribution is 2.17. The van der Waals surface area contributed by atoms with Gasteiger partial charge < -0.3 is 9.84 Å². The van der Waals surface area contributed by atoms with Crippen LogP contribution < -0.4 is 0 Å². The third-order valence-electron chi connectivity index (χ3n) is 1.75. The maximum atomic E-state index is 11.4. The summed E-state index contributed by atoms with van der Waals surface area (Å²) in [4.78, 5) is 22.5. The van der Waals surface area contributed by atoms with E-state index in [9.17, 15) is 14.7 Å². The third-order valence-corrected chi connectivity index (χ3v) is 2.11. The molecule has 0 heterocycles. The number of ether oxygens (including phenoxy) is 1. The number of phenolic OH excluding ortho intramolecular Hbond substituents is 1. The van der Waals surface area contributed by atoms with E-state index in [0.717, 1.165) is 6.08 Å². The van der Waals surface area contributed by atoms with Crippen LogP contribution in [-0.2, 0) is 9.53 Å². The summed E-state index contributed by atoms with van der Waals surface area (Å²) in [6.07, 6.45) is 1.14. The van der Waals surface area contributed by atoms with Crippen LogP contribution in [0, 0.1) is 0 Å². The maximum Gasteiger partial charge on any atom is 0.349 e. The predicted molar refractivity (Wildman–Crippen MR) is 58.4 cm³/mol. The van der Waals surface area contributed by atoms with Crippen molar-refractivity contribution in [2.24, 2.45) is 0 Å². The number of carbonyl (C=O) groups excluding carboxylic acids is 2. The summed E-state index contributed by atoms with van der Waals surface area (Å²) in [5.74, 6) is -2.13. The molecule has 0 aromatic heterocycles. The molecular formula is C11H9ClO4. The molecule has 0 aliphatic heterocycles. The topological polar surface area (TPSA) is 63.6 Å². The molecule has 0 amide bonds. The third kappa shape index (κ3) is 2.84. The molecule has 0 fully saturated rings. The van der Waals surface area contributed by atoms with Crippen LogP contribution in [0.15, 0.2) is 36.9 Å². The lowest BCUT2D eigenvalue weighted by molar-refractivity contribution is -0.136. The highest BCUT2D eigenvalue weighted by molar-refractivity contribution is 6.32. The summed E-state index contributed by atoms with van der Waals surface area (Å²) in [5, 5.41) is 8.24. The molecule has 0 saturated heterocycles. The molecule has 1 aromatic rings. The number of carbonyl (C=O) groups is 2. The number of benzene rings is 1. The maximum absolute atomic E-state index is 11.4. The zero-order valence-corrected chi connectivity index (χ0v) is 8.98. The van der Waals surface area contributed by atoms with Crippen LogP contribution in [0.2, 0.25) is 0 Å². The Morgan fingerprint density at radius 3 is 2.62 bits per heavy atom. The van der Waals surface area contributed by atoms with E-state index in [1.54, 1.807) is 6.07 Å². The molecule has 0 aliphatic rings. The van der Waals surface area contributed by atoms with Gasteiger partial charge in [-0.3, -0.25) is 0 Å². The Bertz CT molecular complexity index is 428. The molecule has 5 heteroatoms. The largest absolute Gasteiger partial charge is 0.507 e. The highest BCUT2D eigenvalue weighted by Gasteiger charge is 2.20. The fourth-order valence-corrected chi connectivity index (χ4v) is 0.990. The lowest BCUT2D eigenvalue weighted by Gasteiger charge is -2.05. The van der Waals surface area contributed by atoms with Gasteiger partial charge in [0.25, 0.3) is 0 Å². The van der Waals surface area contributed by atoms with E-state index in [-0.39, 0.29) is 11.3 Å². The van der Waals surface area contributed by atoms with Crippen molar-refractivity contribution in [3.8, 4) is 5.75 Å². The Kier molecular flexibility index (Phi) is 4.08. The summed E-state index contributed by atoms with van der Waals surface area (Å²) in [6.45, 7) is 3.29. The monoisotopic (exact) mass is 240 g/mol. The van der Waals surface area contributed by atoms with E-state index in [1.165, 1.54) is 18.2 Å². The van der Waals surface area contributed by atoms with Gasteiger partial charge in [-0.05, 0) is 12.1 Å². The fourth-order valence-electron chi connectivity index (χ4n) is 0.945. The summed E-state index contributed by atoms with van der Waals surface area (Å²) in [7, 11) is 0. The number of phenols is 1. The van der Waals surface area contributed by atoms with Crippen LogP contribution in [0.4, 0.5) is 0 Å². The molecular weight excluding hydrogens is 232 g/mol. The average Bonchev–Trinajstić information content (AvgIpc) is 2.28. The van der Waals surface area contributed by atoms with Crippen molar-refractivity contribution in [2.45, 2.75) is 5.38 Å². The van der Waals surface area contributed by atoms with Crippen LogP contribution in [0.5, 0.6) is 5.75 Å². The lowest BCUT2D eigenvalue weighted by atomic mass is 10.2. The van der Waals surface area contributed by atoms with Gasteiger partial charge in [0, 0.05) is 0 Å². The molecule has 0 spiro atoms. The van der Waals surface area contributed by atoms with Crippen molar-refractivity contribution in [2.75, 3.05) is 0 Å². The van der Waals surface area contributed by atoms with Crippen molar-refractivity contribution in [3.05, 3.63) is 42.5 Å². The van der Waals surface area contributed by atoms with Gasteiger partial charge in [-0.25, -0.2) is 9.59 Å². The Hall–Kier alpha value is -1.81. The molecule has 1 aromatic carbocycles. The van der Waals surface area contributed by atoms with Crippen LogP contribution in [-0.4, -0.2) is 22.4 Å². The van der Waals surface area contributed by atoms with Crippen LogP contribution >= 0.6 is 11.6 Å². The minimum atomic E-state index is -1.09. The van der Waals surface area contributed by atoms with E-state index in [4.69, 9.17) is 11.6 Å². The molecule has 1 atom stereocenters. The van der Waals surface area contributed by atoms with Gasteiger partial charge in [-0.1, -0.05) is 18.2 Å². The van der Waals surface area contributed by atoms with Crippen molar-refractivity contribution >= 4 is 23.5 Å². The number of esters is 2. The smallest absolute Gasteiger partial charge is 0.349 e. The number of alkyl halides is 1. The number of rotatable bonds is 3. The van der Waals surface area contributed by atoms with E-state index in [0.29, 0.717) is 0 Å². The Balaban J connectivity index is 2.77. The minimum absolute atomic E-state index is 0.0937. The first-order valence-electron chi connectivity index (χ1n) is 4.37. The Morgan fingerprint density at radius 2 is 2.06 bits per heavy atom. The first-order chi connectivity index (χ1) is 7.56. The average molecular weight is 241 g/mol. The number of halogens is 1. The van der Waals surface area contributed by atoms with Crippen LogP contribution in [0.3, 0.4) is 0 Å². The zero-order valence-electron chi connectivity index (χ0n) is 8.22. The van der Waals surface area contributed by atoms with E-state index in [2.05, 4.69) is 11.3 Å². The van der Waals surface area contributed by atoms with E-state index < -0.39 is 17.3 Å². The van der Waals surface area contributed by atoms with Crippen molar-refractivity contribution in [3.63, 3.8) is 0 Å². The fraction of sp³-hybridized carbons (Fsp3) is 0.0909. The van der Waals surface area contributed by atoms with Crippen LogP contribution in [0.1, 0.15) is 10.4 Å². The van der Waals surface area contributed by atoms with E-state index >= 15 is 0 Å². The van der Waals surface area contributed by atoms with Crippen molar-refractivity contribution in [1.82, 2.24) is 0 Å². The SMILES string of the molecule is C=CC(Cl)C(=O)OC(=O)c1ccccc1O. The molecule has 1 N–H and O–H groups in total. The van der Waals surface area contributed by atoms with Gasteiger partial charge in [0.2, 0.25) is 0 Å². The molecule has 4 nitrogen and oxygen atoms in total. The number of aromatic hydroxyl groups is 1. The van der Waals surface area contributed by atoms with Gasteiger partial charge >= 0.3 is 11.9 Å². The van der Waals surface area contributed by atoms with Crippen molar-refractivity contribution < 1.29 is 19.4 Å². The minimum Gasteiger partial charge on any atom is -0.507 e. The molecule has 84 valence electrons. The zero-order chi connectivity index (χ0) is 12.1. The molecule has 16 heavy (non-hydrogen) atoms. The summed E-state index contributed by atoms with van der Waals surface area (Å²) >= 11 is 5.48. The summed E-state index contributed by atoms with van der Waals surface area (Å²) < 4.78 is 4.43. The predicted octanol–water partition coefficient (Wildman–Crippen LogP) is 1.87. The van der Waals surface area contributed by atoms with Gasteiger partial charge in [-0.15, -0.1) is 18.2 Å². The summed E-state index contributed by atoms with van der Waals surface area (Å²) in [6, 6.07) is 5.73. The number of hydrogen-bond donors (Lipinski definition) is 1. The summed E-state index contributed by atoms with van der Waals surface area (Å²) in [5.41, 5.74) is -0.0937. The molecule has 1 unspecified atom stereocenters. The van der Waals surface area contributed by atoms with Crippen molar-refractivity contribution in [1.29, 1.82) is 0 Å². The van der Waals surface area contributed by atoms with E-state index in [1.807, 2.05) is 0 Å². The Labute approximate surface area is 97.1 Å². The van der Waals surface area contributed by atoms with Gasteiger partial charge in [-0.2, -0.15) is 0 Å². The molecule has 1 rings (SSSR count). The number of hydrogen-bond acceptors (Lipinski definition) is 4. The molecule has 0 radical (unpaired) electrons. The Morgan fingerprint density at radius 1 is 1.44 bits per heavy atom. The standard InChI is InChI=1S/C11H9ClO4/c1-2-8(12)11(15)16-10(14)7-5-3-4-6-9(7)13/h2-6,8,13H,1H2.